The molecule has 5 nitrogen and oxygen atoms in total. The lowest BCUT2D eigenvalue weighted by Crippen LogP contribution is -2.45. The van der Waals surface area contributed by atoms with Crippen LogP contribution in [0.25, 0.3) is 10.8 Å². The van der Waals surface area contributed by atoms with Gasteiger partial charge in [0.1, 0.15) is 0 Å². The fraction of sp³-hybridized carbons (Fsp3) is 0.500. The van der Waals surface area contributed by atoms with E-state index in [1.54, 1.807) is 17.6 Å². The molecule has 2 aromatic heterocycles. The number of nitrogens with zero attached hydrogens (tertiary/aromatic N) is 2. The molecule has 20 heavy (non-hydrogen) atoms. The molecule has 2 aromatic rings. The van der Waals surface area contributed by atoms with Gasteiger partial charge in [-0.1, -0.05) is 0 Å². The van der Waals surface area contributed by atoms with Crippen LogP contribution < -0.4 is 0 Å². The third kappa shape index (κ3) is 3.09. The number of aliphatic hydroxyl groups excluding tert-OH is 1. The second kappa shape index (κ2) is 6.49. The summed E-state index contributed by atoms with van der Waals surface area (Å²) in [6.45, 7) is 3.32. The maximum atomic E-state index is 9.12. The SMILES string of the molecule is OCC[C@@H]1COCCN1Cc1csc(-c2ccco2)n1. The zero-order valence-corrected chi connectivity index (χ0v) is 12.0. The van der Waals surface area contributed by atoms with E-state index in [1.165, 1.54) is 0 Å². The molecule has 1 aliphatic heterocycles. The molecule has 1 aliphatic rings. The lowest BCUT2D eigenvalue weighted by molar-refractivity contribution is -0.0199. The average molecular weight is 294 g/mol. The highest BCUT2D eigenvalue weighted by Crippen LogP contribution is 2.25. The van der Waals surface area contributed by atoms with Crippen molar-refractivity contribution in [1.82, 2.24) is 9.88 Å². The molecule has 0 bridgehead atoms. The molecule has 1 atom stereocenters. The number of furan rings is 1. The van der Waals surface area contributed by atoms with Gasteiger partial charge in [-0.25, -0.2) is 4.98 Å². The average Bonchev–Trinajstić information content (AvgIpc) is 3.12. The Kier molecular flexibility index (Phi) is 4.47. The molecule has 0 saturated carbocycles. The summed E-state index contributed by atoms with van der Waals surface area (Å²) in [6, 6.07) is 4.07. The first kappa shape index (κ1) is 13.8. The summed E-state index contributed by atoms with van der Waals surface area (Å²) >= 11 is 1.60. The Balaban J connectivity index is 1.67. The Morgan fingerprint density at radius 3 is 3.25 bits per heavy atom. The molecule has 6 heteroatoms. The van der Waals surface area contributed by atoms with E-state index in [0.717, 1.165) is 42.6 Å². The molecule has 0 aliphatic carbocycles. The predicted octanol–water partition coefficient (Wildman–Crippen LogP) is 1.99. The van der Waals surface area contributed by atoms with Crippen molar-refractivity contribution in [2.24, 2.45) is 0 Å². The van der Waals surface area contributed by atoms with Gasteiger partial charge in [-0.2, -0.15) is 0 Å². The van der Waals surface area contributed by atoms with Crippen molar-refractivity contribution in [3.63, 3.8) is 0 Å². The van der Waals surface area contributed by atoms with Gasteiger partial charge in [-0.15, -0.1) is 11.3 Å². The Labute approximate surface area is 121 Å². The third-order valence-corrected chi connectivity index (χ3v) is 4.37. The number of hydrogen-bond acceptors (Lipinski definition) is 6. The van der Waals surface area contributed by atoms with Crippen molar-refractivity contribution in [1.29, 1.82) is 0 Å². The van der Waals surface area contributed by atoms with E-state index in [-0.39, 0.29) is 12.6 Å². The first-order valence-corrected chi connectivity index (χ1v) is 7.65. The molecule has 108 valence electrons. The first-order chi connectivity index (χ1) is 9.86. The second-order valence-corrected chi connectivity index (χ2v) is 5.69. The third-order valence-electron chi connectivity index (χ3n) is 3.46. The highest BCUT2D eigenvalue weighted by Gasteiger charge is 2.23. The normalized spacial score (nSPS) is 20.4. The minimum Gasteiger partial charge on any atom is -0.462 e. The summed E-state index contributed by atoms with van der Waals surface area (Å²) in [5.74, 6) is 0.815. The van der Waals surface area contributed by atoms with Gasteiger partial charge in [0.05, 0.1) is 25.2 Å². The van der Waals surface area contributed by atoms with E-state index >= 15 is 0 Å². The molecule has 3 rings (SSSR count). The fourth-order valence-corrected chi connectivity index (χ4v) is 3.19. The molecule has 0 spiro atoms. The van der Waals surface area contributed by atoms with Gasteiger partial charge in [0, 0.05) is 31.1 Å². The zero-order valence-electron chi connectivity index (χ0n) is 11.2. The Morgan fingerprint density at radius 1 is 1.50 bits per heavy atom. The summed E-state index contributed by atoms with van der Waals surface area (Å²) in [4.78, 5) is 6.96. The van der Waals surface area contributed by atoms with Crippen LogP contribution in [0.2, 0.25) is 0 Å². The molecule has 1 fully saturated rings. The molecule has 0 unspecified atom stereocenters. The number of hydrogen-bond donors (Lipinski definition) is 1. The van der Waals surface area contributed by atoms with Crippen molar-refractivity contribution in [2.75, 3.05) is 26.4 Å². The van der Waals surface area contributed by atoms with Gasteiger partial charge in [-0.05, 0) is 18.6 Å². The van der Waals surface area contributed by atoms with Crippen molar-refractivity contribution in [3.8, 4) is 10.8 Å². The standard InChI is InChI=1S/C14H18N2O3S/c17-5-3-12-9-18-7-4-16(12)8-11-10-20-14(15-11)13-2-1-6-19-13/h1-2,6,10,12,17H,3-5,7-9H2/t12-/m1/s1. The molecule has 1 N–H and O–H groups in total. The van der Waals surface area contributed by atoms with Crippen LogP contribution in [-0.4, -0.2) is 47.4 Å². The van der Waals surface area contributed by atoms with Crippen molar-refractivity contribution in [2.45, 2.75) is 19.0 Å². The van der Waals surface area contributed by atoms with Crippen molar-refractivity contribution < 1.29 is 14.3 Å². The van der Waals surface area contributed by atoms with Crippen LogP contribution in [0.15, 0.2) is 28.2 Å². The number of morpholine rings is 1. The summed E-state index contributed by atoms with van der Waals surface area (Å²) in [5.41, 5.74) is 1.05. The predicted molar refractivity (Wildman–Crippen MR) is 76.5 cm³/mol. The molecule has 3 heterocycles. The van der Waals surface area contributed by atoms with Gasteiger partial charge in [0.15, 0.2) is 10.8 Å². The lowest BCUT2D eigenvalue weighted by Gasteiger charge is -2.34. The van der Waals surface area contributed by atoms with E-state index in [4.69, 9.17) is 14.3 Å². The lowest BCUT2D eigenvalue weighted by atomic mass is 10.1. The minimum absolute atomic E-state index is 0.194. The number of ether oxygens (including phenoxy) is 1. The monoisotopic (exact) mass is 294 g/mol. The quantitative estimate of drug-likeness (QED) is 0.914. The van der Waals surface area contributed by atoms with Gasteiger partial charge >= 0.3 is 0 Å². The highest BCUT2D eigenvalue weighted by atomic mass is 32.1. The van der Waals surface area contributed by atoms with Crippen molar-refractivity contribution in [3.05, 3.63) is 29.5 Å². The molecule has 0 aromatic carbocycles. The topological polar surface area (TPSA) is 58.7 Å². The van der Waals surface area contributed by atoms with E-state index in [2.05, 4.69) is 15.3 Å². The number of rotatable bonds is 5. The zero-order chi connectivity index (χ0) is 13.8. The van der Waals surface area contributed by atoms with Crippen LogP contribution in [0.5, 0.6) is 0 Å². The van der Waals surface area contributed by atoms with Crippen LogP contribution in [0, 0.1) is 0 Å². The largest absolute Gasteiger partial charge is 0.462 e. The Hall–Kier alpha value is -1.21. The van der Waals surface area contributed by atoms with Crippen LogP contribution in [0.1, 0.15) is 12.1 Å². The smallest absolute Gasteiger partial charge is 0.162 e. The number of aliphatic hydroxyl groups is 1. The van der Waals surface area contributed by atoms with E-state index in [9.17, 15) is 0 Å². The van der Waals surface area contributed by atoms with Gasteiger partial charge in [0.25, 0.3) is 0 Å². The summed E-state index contributed by atoms with van der Waals surface area (Å²) in [6.07, 6.45) is 2.41. The minimum atomic E-state index is 0.194. The number of thiazole rings is 1. The molecular formula is C14H18N2O3S. The number of aromatic nitrogens is 1. The van der Waals surface area contributed by atoms with Gasteiger partial charge in [-0.3, -0.25) is 4.90 Å². The second-order valence-electron chi connectivity index (χ2n) is 4.83. The maximum Gasteiger partial charge on any atom is 0.162 e. The van der Waals surface area contributed by atoms with Crippen LogP contribution >= 0.6 is 11.3 Å². The Bertz CT molecular complexity index is 524. The molecule has 0 amide bonds. The van der Waals surface area contributed by atoms with Crippen molar-refractivity contribution >= 4 is 11.3 Å². The van der Waals surface area contributed by atoms with Crippen LogP contribution in [-0.2, 0) is 11.3 Å². The summed E-state index contributed by atoms with van der Waals surface area (Å²) < 4.78 is 10.8. The van der Waals surface area contributed by atoms with E-state index < -0.39 is 0 Å². The Morgan fingerprint density at radius 2 is 2.45 bits per heavy atom. The van der Waals surface area contributed by atoms with Gasteiger partial charge in [0.2, 0.25) is 0 Å². The van der Waals surface area contributed by atoms with E-state index in [1.807, 2.05) is 12.1 Å². The maximum absolute atomic E-state index is 9.12. The summed E-state index contributed by atoms with van der Waals surface area (Å²) in [7, 11) is 0. The first-order valence-electron chi connectivity index (χ1n) is 6.78. The van der Waals surface area contributed by atoms with E-state index in [0.29, 0.717) is 6.61 Å². The van der Waals surface area contributed by atoms with Crippen LogP contribution in [0.3, 0.4) is 0 Å². The molecule has 1 saturated heterocycles. The molecule has 0 radical (unpaired) electrons. The van der Waals surface area contributed by atoms with Crippen LogP contribution in [0.4, 0.5) is 0 Å². The highest BCUT2D eigenvalue weighted by molar-refractivity contribution is 7.13. The summed E-state index contributed by atoms with van der Waals surface area (Å²) in [5, 5.41) is 12.1. The fourth-order valence-electron chi connectivity index (χ4n) is 2.41. The van der Waals surface area contributed by atoms with Gasteiger partial charge < -0.3 is 14.3 Å². The molecular weight excluding hydrogens is 276 g/mol.